The lowest BCUT2D eigenvalue weighted by Crippen LogP contribution is -2.54. The molecule has 212 valence electrons. The van der Waals surface area contributed by atoms with Crippen LogP contribution in [0.3, 0.4) is 0 Å². The zero-order valence-corrected chi connectivity index (χ0v) is 23.8. The first-order valence-corrected chi connectivity index (χ1v) is 15.3. The molecule has 1 saturated heterocycles. The Morgan fingerprint density at radius 2 is 1.92 bits per heavy atom. The molecule has 0 aromatic rings. The molecule has 0 radical (unpaired) electrons. The maximum atomic E-state index is 12.6. The van der Waals surface area contributed by atoms with Crippen LogP contribution in [-0.2, 0) is 19.1 Å². The van der Waals surface area contributed by atoms with Crippen LogP contribution in [0.25, 0.3) is 0 Å². The lowest BCUT2D eigenvalue weighted by molar-refractivity contribution is -0.175. The minimum atomic E-state index is -0.734. The fraction of sp³-hybridized carbons (Fsp3) is 0.935. The Morgan fingerprint density at radius 1 is 1.14 bits per heavy atom. The van der Waals surface area contributed by atoms with E-state index in [1.807, 2.05) is 6.92 Å². The molecule has 4 rings (SSSR count). The van der Waals surface area contributed by atoms with E-state index in [0.717, 1.165) is 38.5 Å². The van der Waals surface area contributed by atoms with Gasteiger partial charge in [-0.3, -0.25) is 9.59 Å². The number of cyclic esters (lactones) is 1. The second-order valence-corrected chi connectivity index (χ2v) is 13.7. The number of fused-ring (bicyclic) bond motifs is 1. The normalized spacial score (nSPS) is 43.1. The highest BCUT2D eigenvalue weighted by atomic mass is 16.6. The molecule has 1 aliphatic heterocycles. The van der Waals surface area contributed by atoms with Crippen LogP contribution in [0.5, 0.6) is 0 Å². The summed E-state index contributed by atoms with van der Waals surface area (Å²) in [7, 11) is 0. The van der Waals surface area contributed by atoms with Crippen molar-refractivity contribution in [3.8, 4) is 0 Å². The van der Waals surface area contributed by atoms with Gasteiger partial charge in [0.15, 0.2) is 0 Å². The second kappa shape index (κ2) is 11.9. The summed E-state index contributed by atoms with van der Waals surface area (Å²) in [5.74, 6) is 2.38. The Labute approximate surface area is 224 Å². The number of aliphatic hydroxyl groups excluding tert-OH is 2. The van der Waals surface area contributed by atoms with E-state index in [1.165, 1.54) is 32.1 Å². The van der Waals surface area contributed by atoms with Crippen molar-refractivity contribution in [3.63, 3.8) is 0 Å². The van der Waals surface area contributed by atoms with Crippen molar-refractivity contribution in [3.05, 3.63) is 0 Å². The number of ether oxygens (including phenoxy) is 2. The smallest absolute Gasteiger partial charge is 0.309 e. The van der Waals surface area contributed by atoms with Gasteiger partial charge < -0.3 is 19.7 Å². The molecule has 2 N–H and O–H groups in total. The Balaban J connectivity index is 1.34. The average Bonchev–Trinajstić information content (AvgIpc) is 3.31. The molecule has 1 heterocycles. The van der Waals surface area contributed by atoms with Crippen LogP contribution in [0.4, 0.5) is 0 Å². The molecular formula is C31H52O6. The summed E-state index contributed by atoms with van der Waals surface area (Å²) in [5, 5.41) is 21.8. The number of unbranched alkanes of at least 4 members (excludes halogenated alkanes) is 1. The van der Waals surface area contributed by atoms with E-state index in [1.54, 1.807) is 0 Å². The first-order valence-electron chi connectivity index (χ1n) is 15.3. The monoisotopic (exact) mass is 520 g/mol. The quantitative estimate of drug-likeness (QED) is 0.373. The summed E-state index contributed by atoms with van der Waals surface area (Å²) in [4.78, 5) is 24.2. The van der Waals surface area contributed by atoms with Crippen molar-refractivity contribution >= 4 is 11.9 Å². The van der Waals surface area contributed by atoms with Crippen LogP contribution >= 0.6 is 0 Å². The fourth-order valence-electron chi connectivity index (χ4n) is 8.74. The number of rotatable bonds is 9. The summed E-state index contributed by atoms with van der Waals surface area (Å²) in [6.45, 7) is 9.15. The molecule has 4 fully saturated rings. The van der Waals surface area contributed by atoms with Gasteiger partial charge in [0.1, 0.15) is 5.60 Å². The Hall–Kier alpha value is -1.14. The molecule has 3 saturated carbocycles. The third kappa shape index (κ3) is 6.54. The van der Waals surface area contributed by atoms with Crippen molar-refractivity contribution in [2.45, 2.75) is 135 Å². The topological polar surface area (TPSA) is 93.1 Å². The molecule has 6 nitrogen and oxygen atoms in total. The van der Waals surface area contributed by atoms with Gasteiger partial charge in [-0.2, -0.15) is 0 Å². The largest absolute Gasteiger partial charge is 0.465 e. The molecule has 6 heteroatoms. The summed E-state index contributed by atoms with van der Waals surface area (Å²) >= 11 is 0. The first kappa shape index (κ1) is 28.9. The first-order chi connectivity index (χ1) is 17.5. The van der Waals surface area contributed by atoms with Crippen LogP contribution in [0.1, 0.15) is 118 Å². The predicted octanol–water partition coefficient (Wildman–Crippen LogP) is 5.81. The third-order valence-electron chi connectivity index (χ3n) is 11.1. The minimum Gasteiger partial charge on any atom is -0.465 e. The van der Waals surface area contributed by atoms with Gasteiger partial charge in [0.2, 0.25) is 0 Å². The van der Waals surface area contributed by atoms with Gasteiger partial charge in [0.05, 0.1) is 25.2 Å². The zero-order chi connectivity index (χ0) is 26.8. The van der Waals surface area contributed by atoms with Crippen molar-refractivity contribution in [1.82, 2.24) is 0 Å². The zero-order valence-electron chi connectivity index (χ0n) is 23.8. The van der Waals surface area contributed by atoms with Gasteiger partial charge in [-0.1, -0.05) is 33.6 Å². The van der Waals surface area contributed by atoms with E-state index >= 15 is 0 Å². The van der Waals surface area contributed by atoms with Gasteiger partial charge in [-0.05, 0) is 106 Å². The van der Waals surface area contributed by atoms with Crippen molar-refractivity contribution in [2.24, 2.45) is 40.9 Å². The lowest BCUT2D eigenvalue weighted by atomic mass is 9.49. The number of hydrogen-bond donors (Lipinski definition) is 2. The molecule has 0 aromatic carbocycles. The highest BCUT2D eigenvalue weighted by molar-refractivity contribution is 5.74. The Kier molecular flexibility index (Phi) is 9.31. The molecule has 0 bridgehead atoms. The molecule has 0 spiro atoms. The number of hydrogen-bond acceptors (Lipinski definition) is 6. The second-order valence-electron chi connectivity index (χ2n) is 13.7. The predicted molar refractivity (Wildman–Crippen MR) is 143 cm³/mol. The van der Waals surface area contributed by atoms with Crippen LogP contribution in [0.2, 0.25) is 0 Å². The molecular weight excluding hydrogens is 468 g/mol. The maximum absolute atomic E-state index is 12.6. The molecule has 37 heavy (non-hydrogen) atoms. The van der Waals surface area contributed by atoms with Gasteiger partial charge in [0.25, 0.3) is 0 Å². The lowest BCUT2D eigenvalue weighted by Gasteiger charge is -2.57. The van der Waals surface area contributed by atoms with E-state index in [9.17, 15) is 19.8 Å². The molecule has 10 unspecified atom stereocenters. The summed E-state index contributed by atoms with van der Waals surface area (Å²) in [6.07, 6.45) is 12.2. The van der Waals surface area contributed by atoms with E-state index in [2.05, 4.69) is 20.8 Å². The van der Waals surface area contributed by atoms with E-state index in [4.69, 9.17) is 9.47 Å². The molecule has 10 atom stereocenters. The third-order valence-corrected chi connectivity index (χ3v) is 11.1. The van der Waals surface area contributed by atoms with E-state index < -0.39 is 5.60 Å². The maximum Gasteiger partial charge on any atom is 0.309 e. The molecule has 4 aliphatic rings. The summed E-state index contributed by atoms with van der Waals surface area (Å²) in [6, 6.07) is 0. The SMILES string of the molecule is CCCCC1C(C2CCC(C(C)CCC(=O)OC3(C)CCOC(=O)C3)C2)C(O)CC2CC(O)CCC21C. The Morgan fingerprint density at radius 3 is 2.65 bits per heavy atom. The van der Waals surface area contributed by atoms with Crippen LogP contribution in [0, 0.1) is 40.9 Å². The van der Waals surface area contributed by atoms with Crippen LogP contribution in [0.15, 0.2) is 0 Å². The fourth-order valence-corrected chi connectivity index (χ4v) is 8.74. The van der Waals surface area contributed by atoms with Gasteiger partial charge >= 0.3 is 11.9 Å². The minimum absolute atomic E-state index is 0.139. The Bertz CT molecular complexity index is 799. The summed E-state index contributed by atoms with van der Waals surface area (Å²) in [5.41, 5.74) is -0.505. The molecule has 3 aliphatic carbocycles. The highest BCUT2D eigenvalue weighted by Crippen LogP contribution is 2.60. The highest BCUT2D eigenvalue weighted by Gasteiger charge is 2.55. The molecule has 0 aromatic heterocycles. The standard InChI is InChI=1S/C31H52O6/c1-5-6-7-25-29(26(33)18-23-17-24(32)12-13-31(23,25)4)22-10-9-21(16-22)20(2)8-11-27(34)37-30(3)14-15-36-28(35)19-30/h20-26,29,32-33H,5-19H2,1-4H3. The van der Waals surface area contributed by atoms with Gasteiger partial charge in [-0.25, -0.2) is 0 Å². The van der Waals surface area contributed by atoms with E-state index in [0.29, 0.717) is 55.0 Å². The van der Waals surface area contributed by atoms with Crippen molar-refractivity contribution in [1.29, 1.82) is 0 Å². The van der Waals surface area contributed by atoms with Gasteiger partial charge in [-0.15, -0.1) is 0 Å². The summed E-state index contributed by atoms with van der Waals surface area (Å²) < 4.78 is 10.7. The van der Waals surface area contributed by atoms with Crippen molar-refractivity contribution in [2.75, 3.05) is 6.61 Å². The van der Waals surface area contributed by atoms with Gasteiger partial charge in [0, 0.05) is 12.8 Å². The number of aliphatic hydroxyl groups is 2. The number of carbonyl (C=O) groups excluding carboxylic acids is 2. The average molecular weight is 521 g/mol. The molecule has 0 amide bonds. The number of carbonyl (C=O) groups is 2. The number of esters is 2. The van der Waals surface area contributed by atoms with E-state index in [-0.39, 0.29) is 36.0 Å². The van der Waals surface area contributed by atoms with Crippen LogP contribution < -0.4 is 0 Å². The van der Waals surface area contributed by atoms with Crippen molar-refractivity contribution < 1.29 is 29.3 Å². The van der Waals surface area contributed by atoms with Crippen LogP contribution in [-0.4, -0.2) is 46.6 Å².